The van der Waals surface area contributed by atoms with Crippen LogP contribution in [0.4, 0.5) is 0 Å². The summed E-state index contributed by atoms with van der Waals surface area (Å²) in [7, 11) is 0. The highest BCUT2D eigenvalue weighted by Gasteiger charge is 2.43. The number of carboxylic acid groups (broad SMARTS) is 1. The lowest BCUT2D eigenvalue weighted by molar-refractivity contribution is -0.138. The fraction of sp³-hybridized carbons (Fsp3) is 0.650. The monoisotopic (exact) mass is 336 g/mol. The van der Waals surface area contributed by atoms with Crippen molar-refractivity contribution in [1.82, 2.24) is 0 Å². The number of ether oxygens (including phenoxy) is 1. The summed E-state index contributed by atoms with van der Waals surface area (Å²) in [6.07, 6.45) is 20.3. The van der Waals surface area contributed by atoms with E-state index in [0.717, 1.165) is 19.3 Å². The molecule has 0 spiro atoms. The highest BCUT2D eigenvalue weighted by atomic mass is 16.6. The van der Waals surface area contributed by atoms with E-state index in [1.807, 2.05) is 24.3 Å². The molecule has 2 N–H and O–H groups in total. The third-order valence-electron chi connectivity index (χ3n) is 3.98. The number of unbranched alkanes of at least 4 members (excludes halogenated alkanes) is 5. The van der Waals surface area contributed by atoms with E-state index in [-0.39, 0.29) is 6.10 Å². The standard InChI is InChI=1S/C20H32O4/c1-2-3-4-5-6-7-8-9-10-11-14-17(21)15-12-13-16-18-19(24-18)20(22)23/h6-7,11-14,17-19,21H,2-5,8-10,15-16H2,1H3,(H,22,23)/t17?,18-,19+/m0/s1. The Balaban J connectivity index is 1.95. The molecule has 1 unspecified atom stereocenters. The number of epoxide rings is 1. The van der Waals surface area contributed by atoms with Gasteiger partial charge in [-0.05, 0) is 44.9 Å². The predicted molar refractivity (Wildman–Crippen MR) is 97.0 cm³/mol. The number of aliphatic hydroxyl groups excluding tert-OH is 1. The molecule has 4 nitrogen and oxygen atoms in total. The molecule has 1 rings (SSSR count). The molecule has 1 saturated heterocycles. The van der Waals surface area contributed by atoms with Crippen LogP contribution in [0.3, 0.4) is 0 Å². The minimum absolute atomic E-state index is 0.193. The topological polar surface area (TPSA) is 70.1 Å². The molecule has 0 amide bonds. The van der Waals surface area contributed by atoms with E-state index in [2.05, 4.69) is 19.1 Å². The molecule has 4 heteroatoms. The Bertz CT molecular complexity index is 425. The first-order valence-corrected chi connectivity index (χ1v) is 9.18. The zero-order chi connectivity index (χ0) is 17.6. The van der Waals surface area contributed by atoms with Gasteiger partial charge in [0.25, 0.3) is 0 Å². The van der Waals surface area contributed by atoms with Crippen molar-refractivity contribution in [2.75, 3.05) is 0 Å². The summed E-state index contributed by atoms with van der Waals surface area (Å²) in [6, 6.07) is 0. The molecule has 0 radical (unpaired) electrons. The van der Waals surface area contributed by atoms with Gasteiger partial charge in [-0.25, -0.2) is 4.79 Å². The Kier molecular flexibility index (Phi) is 11.2. The van der Waals surface area contributed by atoms with Crippen LogP contribution < -0.4 is 0 Å². The molecule has 1 heterocycles. The summed E-state index contributed by atoms with van der Waals surface area (Å²) < 4.78 is 4.99. The quantitative estimate of drug-likeness (QED) is 0.280. The second-order valence-electron chi connectivity index (χ2n) is 6.27. The number of rotatable bonds is 14. The molecule has 1 aliphatic heterocycles. The van der Waals surface area contributed by atoms with Crippen LogP contribution in [0.15, 0.2) is 36.5 Å². The number of aliphatic hydroxyl groups is 1. The van der Waals surface area contributed by atoms with Crippen LogP contribution in [0.25, 0.3) is 0 Å². The lowest BCUT2D eigenvalue weighted by atomic mass is 10.1. The Morgan fingerprint density at radius 2 is 1.75 bits per heavy atom. The maximum absolute atomic E-state index is 10.6. The van der Waals surface area contributed by atoms with Gasteiger partial charge in [0.1, 0.15) is 0 Å². The number of allylic oxidation sites excluding steroid dienone is 3. The lowest BCUT2D eigenvalue weighted by Gasteiger charge is -2.00. The Morgan fingerprint density at radius 3 is 2.42 bits per heavy atom. The van der Waals surface area contributed by atoms with Crippen molar-refractivity contribution in [1.29, 1.82) is 0 Å². The zero-order valence-electron chi connectivity index (χ0n) is 14.8. The van der Waals surface area contributed by atoms with Crippen LogP contribution in [0.5, 0.6) is 0 Å². The van der Waals surface area contributed by atoms with Gasteiger partial charge in [0.05, 0.1) is 12.2 Å². The molecule has 0 aliphatic carbocycles. The average molecular weight is 336 g/mol. The molecule has 3 atom stereocenters. The van der Waals surface area contributed by atoms with Gasteiger partial charge in [-0.1, -0.05) is 56.2 Å². The van der Waals surface area contributed by atoms with Gasteiger partial charge in [0, 0.05) is 0 Å². The fourth-order valence-corrected chi connectivity index (χ4v) is 2.44. The minimum Gasteiger partial charge on any atom is -0.479 e. The smallest absolute Gasteiger partial charge is 0.335 e. The summed E-state index contributed by atoms with van der Waals surface area (Å²) in [4.78, 5) is 10.6. The van der Waals surface area contributed by atoms with Crippen LogP contribution >= 0.6 is 0 Å². The second kappa shape index (κ2) is 13.0. The Hall–Kier alpha value is -1.39. The van der Waals surface area contributed by atoms with Crippen LogP contribution in [0, 0.1) is 0 Å². The van der Waals surface area contributed by atoms with E-state index in [0.29, 0.717) is 12.8 Å². The van der Waals surface area contributed by atoms with E-state index in [1.54, 1.807) is 0 Å². The zero-order valence-corrected chi connectivity index (χ0v) is 14.8. The highest BCUT2D eigenvalue weighted by Crippen LogP contribution is 2.25. The summed E-state index contributed by atoms with van der Waals surface area (Å²) in [5, 5.41) is 18.5. The molecular weight excluding hydrogens is 304 g/mol. The van der Waals surface area contributed by atoms with Gasteiger partial charge in [0.2, 0.25) is 0 Å². The second-order valence-corrected chi connectivity index (χ2v) is 6.27. The first kappa shape index (κ1) is 20.7. The molecule has 0 bridgehead atoms. The molecule has 1 fully saturated rings. The van der Waals surface area contributed by atoms with E-state index >= 15 is 0 Å². The molecule has 0 aromatic rings. The van der Waals surface area contributed by atoms with Crippen LogP contribution in [-0.2, 0) is 9.53 Å². The van der Waals surface area contributed by atoms with Gasteiger partial charge < -0.3 is 14.9 Å². The van der Waals surface area contributed by atoms with E-state index in [4.69, 9.17) is 9.84 Å². The molecule has 1 aliphatic rings. The van der Waals surface area contributed by atoms with Crippen molar-refractivity contribution in [3.63, 3.8) is 0 Å². The number of aliphatic carboxylic acids is 1. The molecule has 0 aromatic heterocycles. The summed E-state index contributed by atoms with van der Waals surface area (Å²) >= 11 is 0. The van der Waals surface area contributed by atoms with Crippen molar-refractivity contribution in [2.45, 2.75) is 83.0 Å². The third-order valence-corrected chi connectivity index (χ3v) is 3.98. The van der Waals surface area contributed by atoms with E-state index in [1.165, 1.54) is 25.7 Å². The van der Waals surface area contributed by atoms with Gasteiger partial charge in [-0.15, -0.1) is 0 Å². The van der Waals surface area contributed by atoms with Crippen molar-refractivity contribution in [3.8, 4) is 0 Å². The Labute approximate surface area is 145 Å². The summed E-state index contributed by atoms with van der Waals surface area (Å²) in [5.41, 5.74) is 0. The summed E-state index contributed by atoms with van der Waals surface area (Å²) in [6.45, 7) is 2.22. The molecule has 0 aromatic carbocycles. The average Bonchev–Trinajstić information content (AvgIpc) is 3.33. The Morgan fingerprint density at radius 1 is 1.04 bits per heavy atom. The van der Waals surface area contributed by atoms with Gasteiger partial charge in [-0.2, -0.15) is 0 Å². The van der Waals surface area contributed by atoms with Gasteiger partial charge in [0.15, 0.2) is 6.10 Å². The molecule has 136 valence electrons. The van der Waals surface area contributed by atoms with Crippen LogP contribution in [-0.4, -0.2) is 34.5 Å². The minimum atomic E-state index is -0.896. The van der Waals surface area contributed by atoms with Crippen molar-refractivity contribution in [3.05, 3.63) is 36.5 Å². The maximum Gasteiger partial charge on any atom is 0.335 e. The SMILES string of the molecule is CCCCCC=CCCCC=CC(O)CC=CC[C@@H]1O[C@H]1C(=O)O. The van der Waals surface area contributed by atoms with Crippen LogP contribution in [0.1, 0.15) is 64.7 Å². The van der Waals surface area contributed by atoms with E-state index < -0.39 is 18.2 Å². The van der Waals surface area contributed by atoms with Crippen molar-refractivity contribution in [2.24, 2.45) is 0 Å². The number of hydrogen-bond donors (Lipinski definition) is 2. The molecular formula is C20H32O4. The van der Waals surface area contributed by atoms with Crippen LogP contribution in [0.2, 0.25) is 0 Å². The number of carbonyl (C=O) groups is 1. The lowest BCUT2D eigenvalue weighted by Crippen LogP contribution is -2.07. The molecule has 24 heavy (non-hydrogen) atoms. The van der Waals surface area contributed by atoms with Crippen molar-refractivity contribution < 1.29 is 19.7 Å². The first-order valence-electron chi connectivity index (χ1n) is 9.18. The largest absolute Gasteiger partial charge is 0.479 e. The fourth-order valence-electron chi connectivity index (χ4n) is 2.44. The van der Waals surface area contributed by atoms with Crippen molar-refractivity contribution >= 4 is 5.97 Å². The predicted octanol–water partition coefficient (Wildman–Crippen LogP) is 4.40. The van der Waals surface area contributed by atoms with E-state index in [9.17, 15) is 9.90 Å². The highest BCUT2D eigenvalue weighted by molar-refractivity contribution is 5.75. The number of hydrogen-bond acceptors (Lipinski definition) is 3. The number of carboxylic acids is 1. The first-order chi connectivity index (χ1) is 11.6. The van der Waals surface area contributed by atoms with Gasteiger partial charge >= 0.3 is 5.97 Å². The molecule has 0 saturated carbocycles. The van der Waals surface area contributed by atoms with Gasteiger partial charge in [-0.3, -0.25) is 0 Å². The third kappa shape index (κ3) is 10.4. The summed E-state index contributed by atoms with van der Waals surface area (Å²) in [5.74, 6) is -0.896. The normalized spacial score (nSPS) is 21.9. The maximum atomic E-state index is 10.6.